The van der Waals surface area contributed by atoms with Crippen molar-refractivity contribution in [1.29, 1.82) is 0 Å². The second kappa shape index (κ2) is 7.37. The zero-order valence-corrected chi connectivity index (χ0v) is 13.4. The largest absolute Gasteiger partial charge is 0.381 e. The summed E-state index contributed by atoms with van der Waals surface area (Å²) in [5, 5.41) is 7.60. The molecule has 0 unspecified atom stereocenters. The summed E-state index contributed by atoms with van der Waals surface area (Å²) in [4.78, 5) is 16.2. The molecule has 0 radical (unpaired) electrons. The summed E-state index contributed by atoms with van der Waals surface area (Å²) >= 11 is 0. The Kier molecular flexibility index (Phi) is 5.02. The van der Waals surface area contributed by atoms with Gasteiger partial charge in [-0.1, -0.05) is 0 Å². The fourth-order valence-corrected chi connectivity index (χ4v) is 2.78. The van der Waals surface area contributed by atoms with Crippen LogP contribution in [0.3, 0.4) is 0 Å². The number of nitrogens with zero attached hydrogens (tertiary/aromatic N) is 3. The number of nitrogens with one attached hydrogen (secondary N) is 1. The molecule has 2 aromatic rings. The summed E-state index contributed by atoms with van der Waals surface area (Å²) in [6.07, 6.45) is 5.19. The van der Waals surface area contributed by atoms with E-state index < -0.39 is 0 Å². The summed E-state index contributed by atoms with van der Waals surface area (Å²) < 4.78 is 7.21. The van der Waals surface area contributed by atoms with E-state index in [4.69, 9.17) is 4.74 Å². The van der Waals surface area contributed by atoms with Gasteiger partial charge in [-0.3, -0.25) is 14.5 Å². The lowest BCUT2D eigenvalue weighted by molar-refractivity contribution is -0.127. The average molecular weight is 314 g/mol. The molecule has 122 valence electrons. The fraction of sp³-hybridized carbons (Fsp3) is 0.471. The van der Waals surface area contributed by atoms with Crippen LogP contribution in [-0.2, 0) is 16.1 Å². The van der Waals surface area contributed by atoms with Gasteiger partial charge < -0.3 is 10.1 Å². The van der Waals surface area contributed by atoms with E-state index in [1.54, 1.807) is 12.4 Å². The van der Waals surface area contributed by atoms with Gasteiger partial charge >= 0.3 is 0 Å². The molecule has 0 aliphatic carbocycles. The van der Waals surface area contributed by atoms with E-state index in [1.807, 2.05) is 29.8 Å². The van der Waals surface area contributed by atoms with Gasteiger partial charge in [0.2, 0.25) is 5.91 Å². The maximum Gasteiger partial charge on any atom is 0.223 e. The number of ether oxygens (including phenoxy) is 1. The van der Waals surface area contributed by atoms with Gasteiger partial charge in [-0.05, 0) is 38.0 Å². The van der Waals surface area contributed by atoms with E-state index in [9.17, 15) is 4.79 Å². The van der Waals surface area contributed by atoms with Gasteiger partial charge in [0.25, 0.3) is 0 Å². The van der Waals surface area contributed by atoms with Crippen LogP contribution >= 0.6 is 0 Å². The lowest BCUT2D eigenvalue weighted by atomic mass is 9.99. The number of pyridine rings is 1. The molecule has 0 aromatic carbocycles. The molecule has 1 aliphatic rings. The monoisotopic (exact) mass is 314 g/mol. The number of hydrogen-bond donors (Lipinski definition) is 1. The first-order chi connectivity index (χ1) is 11.2. The molecular weight excluding hydrogens is 292 g/mol. The fourth-order valence-electron chi connectivity index (χ4n) is 2.78. The van der Waals surface area contributed by atoms with Gasteiger partial charge in [0.05, 0.1) is 12.2 Å². The Morgan fingerprint density at radius 2 is 2.26 bits per heavy atom. The Bertz CT molecular complexity index is 648. The summed E-state index contributed by atoms with van der Waals surface area (Å²) in [7, 11) is 0. The van der Waals surface area contributed by atoms with Gasteiger partial charge in [-0.15, -0.1) is 0 Å². The third-order valence-corrected chi connectivity index (χ3v) is 4.15. The van der Waals surface area contributed by atoms with Crippen molar-refractivity contribution in [2.24, 2.45) is 5.92 Å². The van der Waals surface area contributed by atoms with E-state index >= 15 is 0 Å². The average Bonchev–Trinajstić information content (AvgIpc) is 2.97. The molecule has 1 N–H and O–H groups in total. The maximum atomic E-state index is 12.1. The normalized spacial score (nSPS) is 15.5. The van der Waals surface area contributed by atoms with Crippen molar-refractivity contribution in [1.82, 2.24) is 20.1 Å². The van der Waals surface area contributed by atoms with Crippen molar-refractivity contribution in [3.05, 3.63) is 36.3 Å². The van der Waals surface area contributed by atoms with Crippen molar-refractivity contribution in [3.63, 3.8) is 0 Å². The van der Waals surface area contributed by atoms with Crippen LogP contribution in [0, 0.1) is 12.8 Å². The van der Waals surface area contributed by atoms with Crippen molar-refractivity contribution in [3.8, 4) is 11.3 Å². The van der Waals surface area contributed by atoms with Crippen LogP contribution in [0.4, 0.5) is 0 Å². The number of carbonyl (C=O) groups excluding carboxylic acids is 1. The van der Waals surface area contributed by atoms with Crippen LogP contribution < -0.4 is 5.32 Å². The molecule has 3 heterocycles. The molecule has 23 heavy (non-hydrogen) atoms. The first-order valence-electron chi connectivity index (χ1n) is 8.04. The predicted molar refractivity (Wildman–Crippen MR) is 86.7 cm³/mol. The van der Waals surface area contributed by atoms with Gasteiger partial charge in [0.15, 0.2) is 0 Å². The Hall–Kier alpha value is -2.21. The zero-order valence-electron chi connectivity index (χ0n) is 13.4. The third kappa shape index (κ3) is 3.96. The Balaban J connectivity index is 1.54. The summed E-state index contributed by atoms with van der Waals surface area (Å²) in [6.45, 7) is 4.65. The molecule has 3 rings (SSSR count). The van der Waals surface area contributed by atoms with E-state index in [0.29, 0.717) is 26.3 Å². The topological polar surface area (TPSA) is 69.0 Å². The highest BCUT2D eigenvalue weighted by molar-refractivity contribution is 5.78. The lowest BCUT2D eigenvalue weighted by Gasteiger charge is -2.21. The Morgan fingerprint density at radius 3 is 3.00 bits per heavy atom. The quantitative estimate of drug-likeness (QED) is 0.913. The second-order valence-corrected chi connectivity index (χ2v) is 5.81. The number of rotatable bonds is 5. The summed E-state index contributed by atoms with van der Waals surface area (Å²) in [5.74, 6) is 0.221. The number of aromatic nitrogens is 3. The number of hydrogen-bond acceptors (Lipinski definition) is 4. The first kappa shape index (κ1) is 15.7. The molecule has 0 bridgehead atoms. The highest BCUT2D eigenvalue weighted by atomic mass is 16.5. The number of carbonyl (C=O) groups is 1. The van der Waals surface area contributed by atoms with Crippen LogP contribution in [0.1, 0.15) is 18.5 Å². The van der Waals surface area contributed by atoms with Crippen molar-refractivity contribution >= 4 is 5.91 Å². The van der Waals surface area contributed by atoms with E-state index in [0.717, 1.165) is 29.8 Å². The van der Waals surface area contributed by atoms with E-state index in [1.165, 1.54) is 0 Å². The molecule has 6 heteroatoms. The predicted octanol–water partition coefficient (Wildman–Crippen LogP) is 1.80. The number of amides is 1. The van der Waals surface area contributed by atoms with Crippen LogP contribution in [0.15, 0.2) is 30.6 Å². The van der Waals surface area contributed by atoms with Crippen molar-refractivity contribution < 1.29 is 9.53 Å². The minimum Gasteiger partial charge on any atom is -0.381 e. The molecule has 1 aliphatic heterocycles. The Morgan fingerprint density at radius 1 is 1.43 bits per heavy atom. The van der Waals surface area contributed by atoms with Crippen molar-refractivity contribution in [2.45, 2.75) is 26.3 Å². The molecular formula is C17H22N4O2. The van der Waals surface area contributed by atoms with Crippen molar-refractivity contribution in [2.75, 3.05) is 19.8 Å². The van der Waals surface area contributed by atoms with Gasteiger partial charge in [-0.2, -0.15) is 5.10 Å². The molecule has 1 fully saturated rings. The SMILES string of the molecule is Cc1cc(-c2cccnc2)nn1CCNC(=O)C1CCOCC1. The molecule has 6 nitrogen and oxygen atoms in total. The van der Waals surface area contributed by atoms with Gasteiger partial charge in [0.1, 0.15) is 0 Å². The minimum atomic E-state index is 0.0911. The van der Waals surface area contributed by atoms with E-state index in [-0.39, 0.29) is 11.8 Å². The van der Waals surface area contributed by atoms with Crippen LogP contribution in [0.25, 0.3) is 11.3 Å². The highest BCUT2D eigenvalue weighted by Gasteiger charge is 2.21. The smallest absolute Gasteiger partial charge is 0.223 e. The van der Waals surface area contributed by atoms with Crippen LogP contribution in [-0.4, -0.2) is 40.4 Å². The van der Waals surface area contributed by atoms with Crippen LogP contribution in [0.5, 0.6) is 0 Å². The lowest BCUT2D eigenvalue weighted by Crippen LogP contribution is -2.36. The molecule has 1 saturated heterocycles. The molecule has 0 atom stereocenters. The van der Waals surface area contributed by atoms with E-state index in [2.05, 4.69) is 15.4 Å². The second-order valence-electron chi connectivity index (χ2n) is 5.81. The first-order valence-corrected chi connectivity index (χ1v) is 8.04. The molecule has 2 aromatic heterocycles. The molecule has 0 saturated carbocycles. The minimum absolute atomic E-state index is 0.0911. The molecule has 0 spiro atoms. The summed E-state index contributed by atoms with van der Waals surface area (Å²) in [5.41, 5.74) is 2.98. The van der Waals surface area contributed by atoms with Gasteiger partial charge in [-0.25, -0.2) is 0 Å². The van der Waals surface area contributed by atoms with Gasteiger partial charge in [0, 0.05) is 49.3 Å². The summed E-state index contributed by atoms with van der Waals surface area (Å²) in [6, 6.07) is 5.93. The Labute approximate surface area is 135 Å². The van der Waals surface area contributed by atoms with Crippen LogP contribution in [0.2, 0.25) is 0 Å². The zero-order chi connectivity index (χ0) is 16.1. The number of aryl methyl sites for hydroxylation is 1. The highest BCUT2D eigenvalue weighted by Crippen LogP contribution is 2.17. The standard InChI is InChI=1S/C17H22N4O2/c1-13-11-16(15-3-2-6-18-12-15)20-21(13)8-7-19-17(22)14-4-9-23-10-5-14/h2-3,6,11-12,14H,4-5,7-10H2,1H3,(H,19,22). The third-order valence-electron chi connectivity index (χ3n) is 4.15. The molecule has 1 amide bonds. The maximum absolute atomic E-state index is 12.1.